The number of nitrogens with zero attached hydrogens (tertiary/aromatic N) is 1. The Hall–Kier alpha value is -0.770. The first kappa shape index (κ1) is 11.3. The fourth-order valence-corrected chi connectivity index (χ4v) is 1.32. The second-order valence-electron chi connectivity index (χ2n) is 5.00. The summed E-state index contributed by atoms with van der Waals surface area (Å²) in [5.74, 6) is 0.433. The summed E-state index contributed by atoms with van der Waals surface area (Å²) in [5, 5.41) is 0. The number of likely N-dealkylation sites (tertiary alicyclic amines) is 1. The van der Waals surface area contributed by atoms with Crippen molar-refractivity contribution in [1.82, 2.24) is 4.90 Å². The molecule has 82 valence electrons. The van der Waals surface area contributed by atoms with Gasteiger partial charge < -0.3 is 15.4 Å². The molecule has 0 aromatic rings. The summed E-state index contributed by atoms with van der Waals surface area (Å²) in [4.78, 5) is 13.2. The summed E-state index contributed by atoms with van der Waals surface area (Å²) in [5.41, 5.74) is 5.30. The summed E-state index contributed by atoms with van der Waals surface area (Å²) in [7, 11) is 0. The molecule has 2 N–H and O–H groups in total. The van der Waals surface area contributed by atoms with Crippen LogP contribution >= 0.6 is 0 Å². The van der Waals surface area contributed by atoms with Gasteiger partial charge in [-0.15, -0.1) is 0 Å². The van der Waals surface area contributed by atoms with Gasteiger partial charge in [0.1, 0.15) is 5.60 Å². The van der Waals surface area contributed by atoms with E-state index in [1.54, 1.807) is 4.90 Å². The van der Waals surface area contributed by atoms with Crippen molar-refractivity contribution in [3.8, 4) is 0 Å². The molecule has 1 amide bonds. The van der Waals surface area contributed by atoms with Crippen molar-refractivity contribution in [3.63, 3.8) is 0 Å². The molecule has 0 aliphatic carbocycles. The highest BCUT2D eigenvalue weighted by Crippen LogP contribution is 2.20. The predicted octanol–water partition coefficient (Wildman–Crippen LogP) is 1.20. The number of carbonyl (C=O) groups is 1. The topological polar surface area (TPSA) is 55.6 Å². The minimum atomic E-state index is -0.406. The van der Waals surface area contributed by atoms with E-state index in [1.165, 1.54) is 0 Å². The van der Waals surface area contributed by atoms with Gasteiger partial charge in [-0.3, -0.25) is 0 Å². The van der Waals surface area contributed by atoms with Crippen molar-refractivity contribution in [1.29, 1.82) is 0 Å². The third-order valence-corrected chi connectivity index (χ3v) is 2.31. The highest BCUT2D eigenvalue weighted by Gasteiger charge is 2.35. The number of nitrogens with two attached hydrogens (primary N) is 1. The second kappa shape index (κ2) is 3.77. The first-order valence-electron chi connectivity index (χ1n) is 5.03. The maximum Gasteiger partial charge on any atom is 0.410 e. The first-order valence-corrected chi connectivity index (χ1v) is 5.03. The molecule has 4 heteroatoms. The number of amides is 1. The van der Waals surface area contributed by atoms with Crippen LogP contribution in [-0.4, -0.2) is 35.7 Å². The highest BCUT2D eigenvalue weighted by molar-refractivity contribution is 5.69. The zero-order valence-electron chi connectivity index (χ0n) is 9.41. The van der Waals surface area contributed by atoms with E-state index in [0.29, 0.717) is 5.92 Å². The first-order chi connectivity index (χ1) is 6.29. The average Bonchev–Trinajstić information content (AvgIpc) is 1.75. The maximum absolute atomic E-state index is 11.5. The molecule has 0 bridgehead atoms. The molecule has 1 aliphatic rings. The molecule has 0 saturated carbocycles. The van der Waals surface area contributed by atoms with Crippen molar-refractivity contribution >= 4 is 6.09 Å². The molecular weight excluding hydrogens is 180 g/mol. The van der Waals surface area contributed by atoms with Crippen LogP contribution in [0.1, 0.15) is 27.7 Å². The SMILES string of the molecule is C[C@@H](N)C1CN(C(=O)OC(C)(C)C)C1. The molecular formula is C10H20N2O2. The van der Waals surface area contributed by atoms with Crippen molar-refractivity contribution < 1.29 is 9.53 Å². The summed E-state index contributed by atoms with van der Waals surface area (Å²) >= 11 is 0. The molecule has 0 aromatic carbocycles. The van der Waals surface area contributed by atoms with Crippen molar-refractivity contribution in [2.24, 2.45) is 11.7 Å². The molecule has 1 fully saturated rings. The van der Waals surface area contributed by atoms with Crippen LogP contribution in [0.3, 0.4) is 0 Å². The average molecular weight is 200 g/mol. The summed E-state index contributed by atoms with van der Waals surface area (Å²) < 4.78 is 5.22. The van der Waals surface area contributed by atoms with Crippen LogP contribution in [0.5, 0.6) is 0 Å². The number of rotatable bonds is 1. The Balaban J connectivity index is 2.30. The van der Waals surface area contributed by atoms with Gasteiger partial charge in [-0.25, -0.2) is 4.79 Å². The fourth-order valence-electron chi connectivity index (χ4n) is 1.32. The van der Waals surface area contributed by atoms with Gasteiger partial charge in [0.15, 0.2) is 0 Å². The van der Waals surface area contributed by atoms with E-state index in [9.17, 15) is 4.79 Å². The lowest BCUT2D eigenvalue weighted by molar-refractivity contribution is -0.00369. The van der Waals surface area contributed by atoms with Gasteiger partial charge in [0.2, 0.25) is 0 Å². The molecule has 1 rings (SSSR count). The van der Waals surface area contributed by atoms with Crippen LogP contribution in [0, 0.1) is 5.92 Å². The van der Waals surface area contributed by atoms with E-state index in [2.05, 4.69) is 0 Å². The number of carbonyl (C=O) groups excluding carboxylic acids is 1. The maximum atomic E-state index is 11.5. The molecule has 14 heavy (non-hydrogen) atoms. The van der Waals surface area contributed by atoms with Gasteiger partial charge in [-0.1, -0.05) is 0 Å². The van der Waals surface area contributed by atoms with E-state index in [4.69, 9.17) is 10.5 Å². The Morgan fingerprint density at radius 3 is 2.36 bits per heavy atom. The molecule has 1 aliphatic heterocycles. The summed E-state index contributed by atoms with van der Waals surface area (Å²) in [6, 6.07) is 0.161. The molecule has 0 unspecified atom stereocenters. The third-order valence-electron chi connectivity index (χ3n) is 2.31. The molecule has 1 atom stereocenters. The Morgan fingerprint density at radius 2 is 2.00 bits per heavy atom. The summed E-state index contributed by atoms with van der Waals surface area (Å²) in [6.07, 6.45) is -0.227. The molecule has 1 saturated heterocycles. The van der Waals surface area contributed by atoms with Crippen molar-refractivity contribution in [2.45, 2.75) is 39.3 Å². The lowest BCUT2D eigenvalue weighted by Gasteiger charge is -2.41. The van der Waals surface area contributed by atoms with E-state index in [0.717, 1.165) is 13.1 Å². The highest BCUT2D eigenvalue weighted by atomic mass is 16.6. The molecule has 0 aromatic heterocycles. The lowest BCUT2D eigenvalue weighted by atomic mass is 9.94. The van der Waals surface area contributed by atoms with E-state index in [-0.39, 0.29) is 12.1 Å². The Morgan fingerprint density at radius 1 is 1.50 bits per heavy atom. The summed E-state index contributed by atoms with van der Waals surface area (Å²) in [6.45, 7) is 9.03. The Bertz CT molecular complexity index is 215. The van der Waals surface area contributed by atoms with E-state index >= 15 is 0 Å². The minimum Gasteiger partial charge on any atom is -0.444 e. The Kier molecular flexibility index (Phi) is 3.04. The monoisotopic (exact) mass is 200 g/mol. The molecule has 0 spiro atoms. The Labute approximate surface area is 85.4 Å². The largest absolute Gasteiger partial charge is 0.444 e. The number of hydrogen-bond donors (Lipinski definition) is 1. The zero-order valence-corrected chi connectivity index (χ0v) is 9.41. The third kappa shape index (κ3) is 2.87. The standard InChI is InChI=1S/C10H20N2O2/c1-7(11)8-5-12(6-8)9(13)14-10(2,3)4/h7-8H,5-6,11H2,1-4H3/t7-/m1/s1. The second-order valence-corrected chi connectivity index (χ2v) is 5.00. The number of hydrogen-bond acceptors (Lipinski definition) is 3. The fraction of sp³-hybridized carbons (Fsp3) is 0.900. The van der Waals surface area contributed by atoms with Gasteiger partial charge in [0.25, 0.3) is 0 Å². The molecule has 1 heterocycles. The van der Waals surface area contributed by atoms with Crippen LogP contribution in [0.15, 0.2) is 0 Å². The van der Waals surface area contributed by atoms with E-state index < -0.39 is 5.60 Å². The van der Waals surface area contributed by atoms with Crippen molar-refractivity contribution in [3.05, 3.63) is 0 Å². The quantitative estimate of drug-likeness (QED) is 0.692. The molecule has 4 nitrogen and oxygen atoms in total. The molecule has 0 radical (unpaired) electrons. The smallest absolute Gasteiger partial charge is 0.410 e. The normalized spacial score (nSPS) is 20.2. The van der Waals surface area contributed by atoms with Crippen molar-refractivity contribution in [2.75, 3.05) is 13.1 Å². The van der Waals surface area contributed by atoms with E-state index in [1.807, 2.05) is 27.7 Å². The lowest BCUT2D eigenvalue weighted by Crippen LogP contribution is -2.56. The van der Waals surface area contributed by atoms with Gasteiger partial charge in [-0.05, 0) is 27.7 Å². The van der Waals surface area contributed by atoms with Gasteiger partial charge in [0, 0.05) is 25.0 Å². The minimum absolute atomic E-state index is 0.161. The number of ether oxygens (including phenoxy) is 1. The van der Waals surface area contributed by atoms with Crippen LogP contribution in [0.2, 0.25) is 0 Å². The van der Waals surface area contributed by atoms with Gasteiger partial charge in [0.05, 0.1) is 0 Å². The zero-order chi connectivity index (χ0) is 10.9. The van der Waals surface area contributed by atoms with Crippen LogP contribution in [-0.2, 0) is 4.74 Å². The van der Waals surface area contributed by atoms with Crippen LogP contribution in [0.25, 0.3) is 0 Å². The van der Waals surface area contributed by atoms with Crippen LogP contribution < -0.4 is 5.73 Å². The van der Waals surface area contributed by atoms with Gasteiger partial charge in [-0.2, -0.15) is 0 Å². The predicted molar refractivity (Wildman–Crippen MR) is 54.9 cm³/mol. The van der Waals surface area contributed by atoms with Crippen LogP contribution in [0.4, 0.5) is 4.79 Å². The van der Waals surface area contributed by atoms with Gasteiger partial charge >= 0.3 is 6.09 Å².